The number of aliphatic carboxylic acids is 1. The zero-order valence-electron chi connectivity index (χ0n) is 15.9. The quantitative estimate of drug-likeness (QED) is 0.897. The van der Waals surface area contributed by atoms with E-state index in [2.05, 4.69) is 6.07 Å². The lowest BCUT2D eigenvalue weighted by molar-refractivity contribution is -0.141. The van der Waals surface area contributed by atoms with Crippen LogP contribution in [-0.4, -0.2) is 52.7 Å². The van der Waals surface area contributed by atoms with Gasteiger partial charge < -0.3 is 14.7 Å². The fraction of sp³-hybridized carbons (Fsp3) is 0.476. The van der Waals surface area contributed by atoms with Crippen molar-refractivity contribution in [2.45, 2.75) is 51.2 Å². The van der Waals surface area contributed by atoms with Crippen molar-refractivity contribution >= 4 is 22.8 Å². The molecule has 1 N–H and O–H groups in total. The topological polar surface area (TPSA) is 79.7 Å². The number of pyridine rings is 1. The van der Waals surface area contributed by atoms with Crippen LogP contribution in [0.4, 0.5) is 0 Å². The number of nitrogens with zero attached hydrogens (tertiary/aromatic N) is 2. The van der Waals surface area contributed by atoms with Gasteiger partial charge >= 0.3 is 5.97 Å². The van der Waals surface area contributed by atoms with Crippen LogP contribution < -0.4 is 0 Å². The molecular weight excluding hydrogens is 344 g/mol. The van der Waals surface area contributed by atoms with Crippen LogP contribution in [0.1, 0.15) is 52.4 Å². The highest BCUT2D eigenvalue weighted by atomic mass is 16.5. The van der Waals surface area contributed by atoms with E-state index in [0.717, 1.165) is 40.6 Å². The predicted molar refractivity (Wildman–Crippen MR) is 101 cm³/mol. The standard InChI is InChI=1S/C21H24N2O4/c1-11-6-12(2)19-15(7-11)16(9-17(22-19)13-4-5-13)20(24)23-10-14(27-3)8-18(23)21(25)26/h6-7,9,13-14,18H,4-5,8,10H2,1-3H3,(H,25,26). The van der Waals surface area contributed by atoms with Crippen molar-refractivity contribution in [3.8, 4) is 0 Å². The minimum absolute atomic E-state index is 0.249. The van der Waals surface area contributed by atoms with Gasteiger partial charge in [-0.1, -0.05) is 11.6 Å². The molecular formula is C21H24N2O4. The molecule has 2 aromatic rings. The number of amides is 1. The number of methoxy groups -OCH3 is 1. The summed E-state index contributed by atoms with van der Waals surface area (Å²) in [4.78, 5) is 31.4. The van der Waals surface area contributed by atoms with Gasteiger partial charge in [0.1, 0.15) is 6.04 Å². The maximum absolute atomic E-state index is 13.4. The monoisotopic (exact) mass is 368 g/mol. The van der Waals surface area contributed by atoms with E-state index in [1.165, 1.54) is 4.90 Å². The summed E-state index contributed by atoms with van der Waals surface area (Å²) in [6.45, 7) is 4.29. The Balaban J connectivity index is 1.84. The third-order valence-electron chi connectivity index (χ3n) is 5.64. The molecule has 27 heavy (non-hydrogen) atoms. The number of likely N-dealkylation sites (tertiary alicyclic amines) is 1. The van der Waals surface area contributed by atoms with Gasteiger partial charge in [-0.3, -0.25) is 9.78 Å². The predicted octanol–water partition coefficient (Wildman–Crippen LogP) is 3.04. The van der Waals surface area contributed by atoms with Crippen LogP contribution in [-0.2, 0) is 9.53 Å². The summed E-state index contributed by atoms with van der Waals surface area (Å²) in [7, 11) is 1.55. The lowest BCUT2D eigenvalue weighted by Crippen LogP contribution is -2.40. The van der Waals surface area contributed by atoms with Gasteiger partial charge in [-0.25, -0.2) is 4.79 Å². The van der Waals surface area contributed by atoms with Crippen molar-refractivity contribution in [3.63, 3.8) is 0 Å². The van der Waals surface area contributed by atoms with Crippen molar-refractivity contribution in [1.82, 2.24) is 9.88 Å². The molecule has 6 heteroatoms. The molecule has 4 rings (SSSR count). The number of carboxylic acid groups (broad SMARTS) is 1. The molecule has 1 aromatic carbocycles. The van der Waals surface area contributed by atoms with Crippen LogP contribution in [0.5, 0.6) is 0 Å². The zero-order valence-corrected chi connectivity index (χ0v) is 15.9. The van der Waals surface area contributed by atoms with Crippen LogP contribution in [0.15, 0.2) is 18.2 Å². The fourth-order valence-electron chi connectivity index (χ4n) is 4.05. The van der Waals surface area contributed by atoms with Gasteiger partial charge in [0.05, 0.1) is 17.2 Å². The molecule has 6 nitrogen and oxygen atoms in total. The van der Waals surface area contributed by atoms with Crippen molar-refractivity contribution in [3.05, 3.63) is 40.6 Å². The number of fused-ring (bicyclic) bond motifs is 1. The van der Waals surface area contributed by atoms with E-state index in [0.29, 0.717) is 24.4 Å². The van der Waals surface area contributed by atoms with Gasteiger partial charge in [-0.05, 0) is 44.4 Å². The van der Waals surface area contributed by atoms with E-state index in [1.54, 1.807) is 7.11 Å². The van der Waals surface area contributed by atoms with Gasteiger partial charge in [-0.2, -0.15) is 0 Å². The summed E-state index contributed by atoms with van der Waals surface area (Å²) in [6.07, 6.45) is 2.23. The Kier molecular flexibility index (Phi) is 4.38. The lowest BCUT2D eigenvalue weighted by atomic mass is 9.99. The number of hydrogen-bond donors (Lipinski definition) is 1. The summed E-state index contributed by atoms with van der Waals surface area (Å²) >= 11 is 0. The molecule has 1 amide bonds. The first-order chi connectivity index (χ1) is 12.9. The molecule has 1 saturated carbocycles. The smallest absolute Gasteiger partial charge is 0.326 e. The van der Waals surface area contributed by atoms with Gasteiger partial charge in [0.25, 0.3) is 5.91 Å². The van der Waals surface area contributed by atoms with E-state index in [-0.39, 0.29) is 12.0 Å². The number of carbonyl (C=O) groups excluding carboxylic acids is 1. The Morgan fingerprint density at radius 2 is 1.96 bits per heavy atom. The average Bonchev–Trinajstić information content (AvgIpc) is 3.38. The van der Waals surface area contributed by atoms with Gasteiger partial charge in [-0.15, -0.1) is 0 Å². The van der Waals surface area contributed by atoms with E-state index in [1.807, 2.05) is 26.0 Å². The second-order valence-electron chi connectivity index (χ2n) is 7.75. The highest BCUT2D eigenvalue weighted by Crippen LogP contribution is 2.41. The SMILES string of the molecule is COC1CC(C(=O)O)N(C(=O)c2cc(C3CC3)nc3c(C)cc(C)cc23)C1. The van der Waals surface area contributed by atoms with E-state index in [4.69, 9.17) is 9.72 Å². The Labute approximate surface area is 158 Å². The lowest BCUT2D eigenvalue weighted by Gasteiger charge is -2.23. The molecule has 1 aromatic heterocycles. The Bertz CT molecular complexity index is 935. The first-order valence-electron chi connectivity index (χ1n) is 9.37. The van der Waals surface area contributed by atoms with Gasteiger partial charge in [0, 0.05) is 37.1 Å². The third-order valence-corrected chi connectivity index (χ3v) is 5.64. The molecule has 142 valence electrons. The van der Waals surface area contributed by atoms with E-state index < -0.39 is 12.0 Å². The number of aryl methyl sites for hydroxylation is 2. The Hall–Kier alpha value is -2.47. The number of carbonyl (C=O) groups is 2. The second-order valence-corrected chi connectivity index (χ2v) is 7.75. The van der Waals surface area contributed by atoms with Crippen molar-refractivity contribution in [2.24, 2.45) is 0 Å². The summed E-state index contributed by atoms with van der Waals surface area (Å²) in [5, 5.41) is 10.4. The zero-order chi connectivity index (χ0) is 19.3. The minimum Gasteiger partial charge on any atom is -0.480 e. The molecule has 1 aliphatic carbocycles. The average molecular weight is 368 g/mol. The minimum atomic E-state index is -0.990. The molecule has 0 bridgehead atoms. The molecule has 2 heterocycles. The number of rotatable bonds is 4. The van der Waals surface area contributed by atoms with Gasteiger partial charge in [0.2, 0.25) is 0 Å². The van der Waals surface area contributed by atoms with Crippen LogP contribution in [0, 0.1) is 13.8 Å². The Morgan fingerprint density at radius 3 is 2.59 bits per heavy atom. The molecule has 2 atom stereocenters. The molecule has 1 saturated heterocycles. The highest BCUT2D eigenvalue weighted by molar-refractivity contribution is 6.08. The number of ether oxygens (including phenoxy) is 1. The molecule has 1 aliphatic heterocycles. The Morgan fingerprint density at radius 1 is 1.22 bits per heavy atom. The fourth-order valence-corrected chi connectivity index (χ4v) is 4.05. The summed E-state index contributed by atoms with van der Waals surface area (Å²) in [5.41, 5.74) is 4.42. The summed E-state index contributed by atoms with van der Waals surface area (Å²) in [5.74, 6) is -0.834. The maximum atomic E-state index is 13.4. The number of hydrogen-bond acceptors (Lipinski definition) is 4. The van der Waals surface area contributed by atoms with Crippen molar-refractivity contribution < 1.29 is 19.4 Å². The number of benzene rings is 1. The summed E-state index contributed by atoms with van der Waals surface area (Å²) < 4.78 is 5.34. The highest BCUT2D eigenvalue weighted by Gasteiger charge is 2.41. The maximum Gasteiger partial charge on any atom is 0.326 e. The van der Waals surface area contributed by atoms with Crippen LogP contribution >= 0.6 is 0 Å². The first kappa shape index (κ1) is 17.9. The molecule has 2 unspecified atom stereocenters. The van der Waals surface area contributed by atoms with E-state index in [9.17, 15) is 14.7 Å². The van der Waals surface area contributed by atoms with Gasteiger partial charge in [0.15, 0.2) is 0 Å². The molecule has 0 spiro atoms. The summed E-state index contributed by atoms with van der Waals surface area (Å²) in [6, 6.07) is 5.05. The van der Waals surface area contributed by atoms with Crippen molar-refractivity contribution in [1.29, 1.82) is 0 Å². The van der Waals surface area contributed by atoms with Crippen LogP contribution in [0.3, 0.4) is 0 Å². The molecule has 2 fully saturated rings. The second kappa shape index (κ2) is 6.60. The third kappa shape index (κ3) is 3.18. The van der Waals surface area contributed by atoms with Crippen molar-refractivity contribution in [2.75, 3.05) is 13.7 Å². The van der Waals surface area contributed by atoms with Crippen LogP contribution in [0.2, 0.25) is 0 Å². The van der Waals surface area contributed by atoms with Crippen LogP contribution in [0.25, 0.3) is 10.9 Å². The number of carboxylic acids is 1. The normalized spacial score (nSPS) is 22.4. The largest absolute Gasteiger partial charge is 0.480 e. The first-order valence-corrected chi connectivity index (χ1v) is 9.37. The molecule has 2 aliphatic rings. The molecule has 0 radical (unpaired) electrons. The van der Waals surface area contributed by atoms with E-state index >= 15 is 0 Å². The number of aromatic nitrogens is 1.